The molecule has 9 heteroatoms. The van der Waals surface area contributed by atoms with E-state index < -0.39 is 11.7 Å². The monoisotopic (exact) mass is 421 g/mol. The van der Waals surface area contributed by atoms with Crippen LogP contribution in [-0.4, -0.2) is 34.9 Å². The van der Waals surface area contributed by atoms with Crippen LogP contribution in [0.5, 0.6) is 0 Å². The van der Waals surface area contributed by atoms with Crippen LogP contribution in [0.1, 0.15) is 36.8 Å². The van der Waals surface area contributed by atoms with Crippen molar-refractivity contribution in [2.75, 3.05) is 13.1 Å². The molecule has 2 aromatic rings. The van der Waals surface area contributed by atoms with Crippen molar-refractivity contribution in [1.82, 2.24) is 9.88 Å². The zero-order valence-electron chi connectivity index (χ0n) is 15.0. The Morgan fingerprint density at radius 2 is 2.15 bits per heavy atom. The number of aromatic nitrogens is 1. The van der Waals surface area contributed by atoms with E-state index in [0.29, 0.717) is 40.5 Å². The number of carbonyl (C=O) groups excluding carboxylic acids is 1. The second-order valence-electron chi connectivity index (χ2n) is 6.89. The predicted octanol–water partition coefficient (Wildman–Crippen LogP) is 4.26. The summed E-state index contributed by atoms with van der Waals surface area (Å²) in [6.07, 6.45) is -1.75. The highest BCUT2D eigenvalue weighted by atomic mass is 35.5. The number of benzene rings is 1. The first-order valence-electron chi connectivity index (χ1n) is 8.74. The second kappa shape index (κ2) is 8.75. The highest BCUT2D eigenvalue weighted by molar-refractivity contribution is 7.18. The van der Waals surface area contributed by atoms with Gasteiger partial charge in [0.25, 0.3) is 0 Å². The average Bonchev–Trinajstić information content (AvgIpc) is 3.00. The Morgan fingerprint density at radius 3 is 2.81 bits per heavy atom. The molecule has 1 aromatic carbocycles. The van der Waals surface area contributed by atoms with Gasteiger partial charge in [0.05, 0.1) is 20.8 Å². The third kappa shape index (κ3) is 5.12. The molecule has 1 aliphatic heterocycles. The Bertz CT molecular complexity index is 796. The number of thiazole rings is 1. The Hall–Kier alpha value is -1.38. The van der Waals surface area contributed by atoms with Gasteiger partial charge < -0.3 is 10.6 Å². The molecule has 0 saturated carbocycles. The van der Waals surface area contributed by atoms with E-state index in [0.717, 1.165) is 31.5 Å². The van der Waals surface area contributed by atoms with Gasteiger partial charge in [-0.3, -0.25) is 4.79 Å². The summed E-state index contributed by atoms with van der Waals surface area (Å²) < 4.78 is 39.1. The third-order valence-corrected chi connectivity index (χ3v) is 5.98. The number of nitrogens with two attached hydrogens (primary N) is 1. The van der Waals surface area contributed by atoms with Gasteiger partial charge in [-0.15, -0.1) is 23.7 Å². The minimum Gasteiger partial charge on any atom is -0.338 e. The number of rotatable bonds is 4. The Kier molecular flexibility index (Phi) is 7.10. The predicted molar refractivity (Wildman–Crippen MR) is 103 cm³/mol. The molecule has 2 heterocycles. The van der Waals surface area contributed by atoms with Crippen molar-refractivity contribution in [2.24, 2.45) is 11.7 Å². The normalized spacial score (nSPS) is 20.6. The summed E-state index contributed by atoms with van der Waals surface area (Å²) >= 11 is 1.34. The zero-order valence-corrected chi connectivity index (χ0v) is 16.6. The van der Waals surface area contributed by atoms with Crippen molar-refractivity contribution in [3.05, 3.63) is 28.8 Å². The second-order valence-corrected chi connectivity index (χ2v) is 8.01. The van der Waals surface area contributed by atoms with Crippen molar-refractivity contribution in [3.8, 4) is 0 Å². The molecule has 2 unspecified atom stereocenters. The standard InChI is InChI=1S/C18H22F3N3OS.ClH/c1-11-6-7-24(13(8-11)10-22)17(25)5-4-16-23-14-9-12(18(19,20)21)2-3-15(14)26-16;/h2-3,9,11,13H,4-8,10,22H2,1H3;1H. The zero-order chi connectivity index (χ0) is 18.9. The van der Waals surface area contributed by atoms with Crippen molar-refractivity contribution in [3.63, 3.8) is 0 Å². The molecule has 1 fully saturated rings. The number of piperidine rings is 1. The van der Waals surface area contributed by atoms with E-state index in [-0.39, 0.29) is 24.4 Å². The van der Waals surface area contributed by atoms with Crippen LogP contribution in [0, 0.1) is 5.92 Å². The molecular formula is C18H23ClF3N3OS. The molecule has 0 aliphatic carbocycles. The number of likely N-dealkylation sites (tertiary alicyclic amines) is 1. The van der Waals surface area contributed by atoms with Crippen molar-refractivity contribution in [2.45, 2.75) is 44.8 Å². The molecule has 1 amide bonds. The molecule has 1 aliphatic rings. The number of carbonyl (C=O) groups is 1. The molecule has 1 aromatic heterocycles. The summed E-state index contributed by atoms with van der Waals surface area (Å²) in [7, 11) is 0. The van der Waals surface area contributed by atoms with Crippen LogP contribution in [0.15, 0.2) is 18.2 Å². The van der Waals surface area contributed by atoms with Crippen LogP contribution in [0.2, 0.25) is 0 Å². The molecule has 150 valence electrons. The van der Waals surface area contributed by atoms with Gasteiger partial charge >= 0.3 is 6.18 Å². The Labute approximate surface area is 166 Å². The summed E-state index contributed by atoms with van der Waals surface area (Å²) in [6, 6.07) is 3.65. The Balaban J connectivity index is 0.00000261. The van der Waals surface area contributed by atoms with E-state index in [4.69, 9.17) is 5.73 Å². The molecule has 0 spiro atoms. The van der Waals surface area contributed by atoms with E-state index >= 15 is 0 Å². The smallest absolute Gasteiger partial charge is 0.338 e. The number of alkyl halides is 3. The summed E-state index contributed by atoms with van der Waals surface area (Å²) in [6.45, 7) is 3.34. The number of hydrogen-bond donors (Lipinski definition) is 1. The number of hydrogen-bond acceptors (Lipinski definition) is 4. The van der Waals surface area contributed by atoms with Crippen LogP contribution in [0.3, 0.4) is 0 Å². The van der Waals surface area contributed by atoms with Crippen LogP contribution in [0.25, 0.3) is 10.2 Å². The fraction of sp³-hybridized carbons (Fsp3) is 0.556. The highest BCUT2D eigenvalue weighted by Crippen LogP contribution is 2.33. The van der Waals surface area contributed by atoms with Crippen LogP contribution in [-0.2, 0) is 17.4 Å². The SMILES string of the molecule is CC1CCN(C(=O)CCc2nc3cc(C(F)(F)F)ccc3s2)C(CN)C1.Cl. The summed E-state index contributed by atoms with van der Waals surface area (Å²) in [5.41, 5.74) is 5.43. The maximum absolute atomic E-state index is 12.8. The first kappa shape index (κ1) is 21.9. The van der Waals surface area contributed by atoms with Crippen molar-refractivity contribution < 1.29 is 18.0 Å². The van der Waals surface area contributed by atoms with E-state index in [9.17, 15) is 18.0 Å². The quantitative estimate of drug-likeness (QED) is 0.802. The minimum absolute atomic E-state index is 0. The number of halogens is 4. The highest BCUT2D eigenvalue weighted by Gasteiger charge is 2.31. The summed E-state index contributed by atoms with van der Waals surface area (Å²) in [5.74, 6) is 0.613. The van der Waals surface area contributed by atoms with Gasteiger partial charge in [-0.05, 0) is 37.0 Å². The van der Waals surface area contributed by atoms with Gasteiger partial charge in [-0.1, -0.05) is 6.92 Å². The Morgan fingerprint density at radius 1 is 1.41 bits per heavy atom. The van der Waals surface area contributed by atoms with Crippen LogP contribution < -0.4 is 5.73 Å². The van der Waals surface area contributed by atoms with Gasteiger partial charge in [0.2, 0.25) is 5.91 Å². The van der Waals surface area contributed by atoms with E-state index in [2.05, 4.69) is 11.9 Å². The van der Waals surface area contributed by atoms with Crippen LogP contribution in [0.4, 0.5) is 13.2 Å². The topological polar surface area (TPSA) is 59.2 Å². The fourth-order valence-corrected chi connectivity index (χ4v) is 4.37. The molecule has 2 N–H and O–H groups in total. The maximum Gasteiger partial charge on any atom is 0.416 e. The first-order valence-corrected chi connectivity index (χ1v) is 9.55. The molecule has 1 saturated heterocycles. The number of nitrogens with zero attached hydrogens (tertiary/aromatic N) is 2. The molecule has 0 radical (unpaired) electrons. The average molecular weight is 422 g/mol. The third-order valence-electron chi connectivity index (χ3n) is 4.88. The number of fused-ring (bicyclic) bond motifs is 1. The van der Waals surface area contributed by atoms with Crippen molar-refractivity contribution in [1.29, 1.82) is 0 Å². The molecule has 27 heavy (non-hydrogen) atoms. The van der Waals surface area contributed by atoms with Gasteiger partial charge in [0.1, 0.15) is 0 Å². The summed E-state index contributed by atoms with van der Waals surface area (Å²) in [5, 5.41) is 0.683. The number of amides is 1. The van der Waals surface area contributed by atoms with Crippen molar-refractivity contribution >= 4 is 39.9 Å². The molecule has 4 nitrogen and oxygen atoms in total. The van der Waals surface area contributed by atoms with E-state index in [1.807, 2.05) is 4.90 Å². The molecule has 0 bridgehead atoms. The van der Waals surface area contributed by atoms with E-state index in [1.165, 1.54) is 17.4 Å². The van der Waals surface area contributed by atoms with Gasteiger partial charge in [-0.25, -0.2) is 4.98 Å². The summed E-state index contributed by atoms with van der Waals surface area (Å²) in [4.78, 5) is 18.7. The molecular weight excluding hydrogens is 399 g/mol. The lowest BCUT2D eigenvalue weighted by molar-refractivity contribution is -0.137. The lowest BCUT2D eigenvalue weighted by Crippen LogP contribution is -2.49. The van der Waals surface area contributed by atoms with Gasteiger partial charge in [-0.2, -0.15) is 13.2 Å². The van der Waals surface area contributed by atoms with Gasteiger partial charge in [0.15, 0.2) is 0 Å². The van der Waals surface area contributed by atoms with Crippen LogP contribution >= 0.6 is 23.7 Å². The largest absolute Gasteiger partial charge is 0.416 e. The number of aryl methyl sites for hydroxylation is 1. The molecule has 2 atom stereocenters. The molecule has 3 rings (SSSR count). The lowest BCUT2D eigenvalue weighted by Gasteiger charge is -2.38. The maximum atomic E-state index is 12.8. The van der Waals surface area contributed by atoms with Gasteiger partial charge in [0, 0.05) is 32.0 Å². The minimum atomic E-state index is -4.38. The lowest BCUT2D eigenvalue weighted by atomic mass is 9.92. The van der Waals surface area contributed by atoms with E-state index in [1.54, 1.807) is 0 Å². The first-order chi connectivity index (χ1) is 12.3. The fourth-order valence-electron chi connectivity index (χ4n) is 3.42.